The molecule has 0 N–H and O–H groups in total. The van der Waals surface area contributed by atoms with E-state index >= 15 is 0 Å². The van der Waals surface area contributed by atoms with E-state index in [2.05, 4.69) is 18.3 Å². The molecule has 0 unspecified atom stereocenters. The lowest BCUT2D eigenvalue weighted by atomic mass is 9.82. The highest BCUT2D eigenvalue weighted by atomic mass is 16.6. The molecule has 1 aromatic carbocycles. The summed E-state index contributed by atoms with van der Waals surface area (Å²) in [5.41, 5.74) is 0.356. The Morgan fingerprint density at radius 2 is 1.47 bits per heavy atom. The maximum atomic E-state index is 12.2. The van der Waals surface area contributed by atoms with Gasteiger partial charge >= 0.3 is 12.1 Å². The van der Waals surface area contributed by atoms with E-state index < -0.39 is 11.2 Å². The highest BCUT2D eigenvalue weighted by Crippen LogP contribution is 2.35. The molecular formula is C29H44N2O5. The highest BCUT2D eigenvalue weighted by Gasteiger charge is 2.27. The predicted octanol–water partition coefficient (Wildman–Crippen LogP) is 6.15. The van der Waals surface area contributed by atoms with Crippen LogP contribution in [0, 0.1) is 5.92 Å². The molecule has 0 aromatic heterocycles. The maximum Gasteiger partial charge on any atom is 0.410 e. The molecule has 7 heteroatoms. The number of esters is 1. The van der Waals surface area contributed by atoms with Crippen molar-refractivity contribution in [3.05, 3.63) is 29.8 Å². The van der Waals surface area contributed by atoms with E-state index in [1.165, 1.54) is 5.56 Å². The van der Waals surface area contributed by atoms with Gasteiger partial charge < -0.3 is 19.1 Å². The van der Waals surface area contributed by atoms with Crippen molar-refractivity contribution in [3.8, 4) is 5.75 Å². The van der Waals surface area contributed by atoms with Crippen LogP contribution in [0.3, 0.4) is 0 Å². The Labute approximate surface area is 216 Å². The normalized spacial score (nSPS) is 21.9. The van der Waals surface area contributed by atoms with Crippen LogP contribution in [-0.4, -0.2) is 60.1 Å². The third-order valence-corrected chi connectivity index (χ3v) is 6.52. The zero-order chi connectivity index (χ0) is 26.3. The largest absolute Gasteiger partial charge is 0.482 e. The summed E-state index contributed by atoms with van der Waals surface area (Å²) < 4.78 is 16.3. The molecular weight excluding hydrogens is 456 g/mol. The van der Waals surface area contributed by atoms with E-state index in [9.17, 15) is 9.59 Å². The lowest BCUT2D eigenvalue weighted by Gasteiger charge is -2.32. The number of aliphatic imine (C=N–C) groups is 1. The first-order valence-corrected chi connectivity index (χ1v) is 13.3. The number of piperidine rings is 1. The van der Waals surface area contributed by atoms with Crippen LogP contribution in [0.4, 0.5) is 4.79 Å². The third kappa shape index (κ3) is 9.47. The van der Waals surface area contributed by atoms with Gasteiger partial charge in [-0.1, -0.05) is 12.1 Å². The summed E-state index contributed by atoms with van der Waals surface area (Å²) in [6.45, 7) is 12.6. The molecule has 1 aliphatic carbocycles. The number of hydrogen-bond donors (Lipinski definition) is 0. The Morgan fingerprint density at radius 1 is 0.889 bits per heavy atom. The smallest absolute Gasteiger partial charge is 0.410 e. The quantitative estimate of drug-likeness (QED) is 0.346. The Hall–Kier alpha value is -2.57. The number of carbonyl (C=O) groups excluding carboxylic acids is 2. The topological polar surface area (TPSA) is 77.4 Å². The summed E-state index contributed by atoms with van der Waals surface area (Å²) in [7, 11) is 0. The summed E-state index contributed by atoms with van der Waals surface area (Å²) in [6.07, 6.45) is 8.26. The van der Waals surface area contributed by atoms with Crippen molar-refractivity contribution in [2.45, 2.75) is 103 Å². The van der Waals surface area contributed by atoms with E-state index in [1.54, 1.807) is 0 Å². The van der Waals surface area contributed by atoms with Gasteiger partial charge in [-0.25, -0.2) is 9.59 Å². The van der Waals surface area contributed by atoms with Crippen molar-refractivity contribution in [2.75, 3.05) is 19.7 Å². The molecule has 36 heavy (non-hydrogen) atoms. The number of carbonyl (C=O) groups is 2. The highest BCUT2D eigenvalue weighted by molar-refractivity contribution is 5.71. The Bertz CT molecular complexity index is 882. The van der Waals surface area contributed by atoms with Crippen molar-refractivity contribution >= 4 is 18.3 Å². The van der Waals surface area contributed by atoms with Crippen LogP contribution in [0.25, 0.3) is 0 Å². The monoisotopic (exact) mass is 500 g/mol. The molecule has 2 aliphatic rings. The molecule has 0 spiro atoms. The minimum atomic E-state index is -0.507. The zero-order valence-electron chi connectivity index (χ0n) is 22.9. The minimum Gasteiger partial charge on any atom is -0.482 e. The molecule has 0 radical (unpaired) electrons. The number of benzene rings is 1. The van der Waals surface area contributed by atoms with Gasteiger partial charge in [-0.3, -0.25) is 4.99 Å². The van der Waals surface area contributed by atoms with Gasteiger partial charge in [0.2, 0.25) is 0 Å². The molecule has 1 heterocycles. The van der Waals surface area contributed by atoms with Crippen LogP contribution >= 0.6 is 0 Å². The standard InChI is InChI=1S/C29H44N2O5/c1-28(2,3)35-26(32)20-34-25-13-9-23(10-14-25)22-7-11-24(12-8-22)30-19-21-15-17-31(18-16-21)27(33)36-29(4,5)6/h9-10,13-14,19,21-22,24H,7-8,11-12,15-18,20H2,1-6H3. The fourth-order valence-corrected chi connectivity index (χ4v) is 4.71. The second-order valence-corrected chi connectivity index (χ2v) is 12.1. The number of amides is 1. The van der Waals surface area contributed by atoms with Gasteiger partial charge in [0, 0.05) is 25.3 Å². The second-order valence-electron chi connectivity index (χ2n) is 12.1. The fraction of sp³-hybridized carbons (Fsp3) is 0.690. The Morgan fingerprint density at radius 3 is 2.03 bits per heavy atom. The maximum absolute atomic E-state index is 12.2. The number of ether oxygens (including phenoxy) is 3. The number of likely N-dealkylation sites (tertiary alicyclic amines) is 1. The Balaban J connectivity index is 1.37. The van der Waals surface area contributed by atoms with Gasteiger partial charge in [0.25, 0.3) is 0 Å². The summed E-state index contributed by atoms with van der Waals surface area (Å²) in [4.78, 5) is 30.8. The van der Waals surface area contributed by atoms with Crippen LogP contribution in [0.5, 0.6) is 5.75 Å². The average Bonchev–Trinajstić information content (AvgIpc) is 2.80. The van der Waals surface area contributed by atoms with Crippen molar-refractivity contribution < 1.29 is 23.8 Å². The van der Waals surface area contributed by atoms with Gasteiger partial charge in [0.1, 0.15) is 17.0 Å². The van der Waals surface area contributed by atoms with E-state index in [0.29, 0.717) is 23.6 Å². The van der Waals surface area contributed by atoms with Crippen molar-refractivity contribution in [1.82, 2.24) is 4.90 Å². The molecule has 1 saturated carbocycles. The number of rotatable bonds is 6. The third-order valence-electron chi connectivity index (χ3n) is 6.52. The summed E-state index contributed by atoms with van der Waals surface area (Å²) in [5.74, 6) is 1.29. The van der Waals surface area contributed by atoms with Crippen LogP contribution in [-0.2, 0) is 14.3 Å². The van der Waals surface area contributed by atoms with E-state index in [4.69, 9.17) is 19.2 Å². The van der Waals surface area contributed by atoms with Crippen LogP contribution in [0.1, 0.15) is 91.5 Å². The average molecular weight is 501 g/mol. The number of nitrogens with zero attached hydrogens (tertiary/aromatic N) is 2. The van der Waals surface area contributed by atoms with Crippen LogP contribution in [0.2, 0.25) is 0 Å². The Kier molecular flexibility index (Phi) is 9.42. The van der Waals surface area contributed by atoms with Gasteiger partial charge in [-0.05, 0) is 110 Å². The summed E-state index contributed by atoms with van der Waals surface area (Å²) in [5, 5.41) is 0. The fourth-order valence-electron chi connectivity index (χ4n) is 4.71. The summed E-state index contributed by atoms with van der Waals surface area (Å²) in [6, 6.07) is 8.48. The lowest BCUT2D eigenvalue weighted by molar-refractivity contribution is -0.157. The van der Waals surface area contributed by atoms with Gasteiger partial charge in [-0.2, -0.15) is 0 Å². The second kappa shape index (κ2) is 12.1. The minimum absolute atomic E-state index is 0.0836. The molecule has 3 rings (SSSR count). The van der Waals surface area contributed by atoms with Crippen molar-refractivity contribution in [3.63, 3.8) is 0 Å². The molecule has 1 saturated heterocycles. The van der Waals surface area contributed by atoms with Gasteiger partial charge in [0.15, 0.2) is 6.61 Å². The first-order valence-electron chi connectivity index (χ1n) is 13.3. The van der Waals surface area contributed by atoms with E-state index in [1.807, 2.05) is 58.6 Å². The zero-order valence-corrected chi connectivity index (χ0v) is 22.9. The lowest BCUT2D eigenvalue weighted by Crippen LogP contribution is -2.42. The van der Waals surface area contributed by atoms with Gasteiger partial charge in [-0.15, -0.1) is 0 Å². The van der Waals surface area contributed by atoms with E-state index in [0.717, 1.165) is 51.6 Å². The van der Waals surface area contributed by atoms with Crippen molar-refractivity contribution in [2.24, 2.45) is 10.9 Å². The molecule has 0 atom stereocenters. The molecule has 1 amide bonds. The van der Waals surface area contributed by atoms with Crippen molar-refractivity contribution in [1.29, 1.82) is 0 Å². The first-order chi connectivity index (χ1) is 16.9. The molecule has 7 nitrogen and oxygen atoms in total. The van der Waals surface area contributed by atoms with Gasteiger partial charge in [0.05, 0.1) is 0 Å². The predicted molar refractivity (Wildman–Crippen MR) is 142 cm³/mol. The van der Waals surface area contributed by atoms with Crippen LogP contribution in [0.15, 0.2) is 29.3 Å². The molecule has 0 bridgehead atoms. The SMILES string of the molecule is CC(C)(C)OC(=O)COc1ccc(C2CCC(N=CC3CCN(C(=O)OC(C)(C)C)CC3)CC2)cc1. The molecule has 2 fully saturated rings. The molecule has 1 aliphatic heterocycles. The molecule has 200 valence electrons. The molecule has 1 aromatic rings. The van der Waals surface area contributed by atoms with Crippen LogP contribution < -0.4 is 4.74 Å². The van der Waals surface area contributed by atoms with E-state index in [-0.39, 0.29) is 18.7 Å². The first kappa shape index (κ1) is 28.0. The summed E-state index contributed by atoms with van der Waals surface area (Å²) >= 11 is 0. The number of hydrogen-bond acceptors (Lipinski definition) is 6.